The fourth-order valence-corrected chi connectivity index (χ4v) is 0.933. The van der Waals surface area contributed by atoms with E-state index in [1.807, 2.05) is 6.92 Å². The van der Waals surface area contributed by atoms with Gasteiger partial charge in [0.05, 0.1) is 0 Å². The Morgan fingerprint density at radius 3 is 2.27 bits per heavy atom. The number of nitrogens with two attached hydrogens (primary N) is 1. The van der Waals surface area contributed by atoms with Crippen LogP contribution >= 0.6 is 12.4 Å². The van der Waals surface area contributed by atoms with E-state index in [1.54, 1.807) is 0 Å². The predicted octanol–water partition coefficient (Wildman–Crippen LogP) is 2.50. The molecule has 0 aliphatic rings. The highest BCUT2D eigenvalue weighted by molar-refractivity contribution is 5.85. The summed E-state index contributed by atoms with van der Waals surface area (Å²) < 4.78 is 30.5. The van der Waals surface area contributed by atoms with Gasteiger partial charge in [0, 0.05) is 24.2 Å². The highest BCUT2D eigenvalue weighted by Crippen LogP contribution is 2.15. The van der Waals surface area contributed by atoms with Crippen LogP contribution in [-0.4, -0.2) is 12.6 Å². The number of hydrogen-bond donors (Lipinski definition) is 1. The quantitative estimate of drug-likeness (QED) is 0.873. The molecule has 2 N–H and O–H groups in total. The van der Waals surface area contributed by atoms with Gasteiger partial charge < -0.3 is 10.5 Å². The number of rotatable bonds is 4. The molecule has 1 unspecified atom stereocenters. The van der Waals surface area contributed by atoms with Gasteiger partial charge in [0.1, 0.15) is 24.0 Å². The van der Waals surface area contributed by atoms with Crippen LogP contribution in [0.5, 0.6) is 5.75 Å². The molecule has 1 atom stereocenters. The molecular weight excluding hydrogens is 224 g/mol. The van der Waals surface area contributed by atoms with Crippen LogP contribution in [0.4, 0.5) is 8.78 Å². The number of benzene rings is 1. The molecule has 0 saturated heterocycles. The van der Waals surface area contributed by atoms with E-state index in [4.69, 9.17) is 10.5 Å². The van der Waals surface area contributed by atoms with Crippen LogP contribution in [0.3, 0.4) is 0 Å². The molecular formula is C10H14ClF2NO. The van der Waals surface area contributed by atoms with Crippen molar-refractivity contribution in [2.75, 3.05) is 6.61 Å². The van der Waals surface area contributed by atoms with Gasteiger partial charge in [0.25, 0.3) is 0 Å². The van der Waals surface area contributed by atoms with Gasteiger partial charge in [-0.2, -0.15) is 0 Å². The molecule has 5 heteroatoms. The summed E-state index contributed by atoms with van der Waals surface area (Å²) in [5, 5.41) is 0. The van der Waals surface area contributed by atoms with Crippen LogP contribution in [0.25, 0.3) is 0 Å². The lowest BCUT2D eigenvalue weighted by Crippen LogP contribution is -2.26. The van der Waals surface area contributed by atoms with Crippen LogP contribution in [0.2, 0.25) is 0 Å². The van der Waals surface area contributed by atoms with Gasteiger partial charge >= 0.3 is 0 Å². The number of ether oxygens (including phenoxy) is 1. The zero-order chi connectivity index (χ0) is 10.6. The van der Waals surface area contributed by atoms with Gasteiger partial charge in [0.15, 0.2) is 0 Å². The molecule has 0 aromatic heterocycles. The Labute approximate surface area is 93.8 Å². The third-order valence-corrected chi connectivity index (χ3v) is 1.82. The van der Waals surface area contributed by atoms with E-state index in [1.165, 1.54) is 0 Å². The molecule has 1 aromatic carbocycles. The van der Waals surface area contributed by atoms with Crippen molar-refractivity contribution in [1.29, 1.82) is 0 Å². The molecule has 2 nitrogen and oxygen atoms in total. The maximum Gasteiger partial charge on any atom is 0.129 e. The number of halogens is 3. The molecule has 0 spiro atoms. The Kier molecular flexibility index (Phi) is 6.20. The summed E-state index contributed by atoms with van der Waals surface area (Å²) in [5.41, 5.74) is 5.58. The van der Waals surface area contributed by atoms with Crippen molar-refractivity contribution in [1.82, 2.24) is 0 Å². The summed E-state index contributed by atoms with van der Waals surface area (Å²) in [4.78, 5) is 0. The average molecular weight is 238 g/mol. The third-order valence-electron chi connectivity index (χ3n) is 1.82. The molecule has 0 heterocycles. The molecule has 0 aliphatic heterocycles. The summed E-state index contributed by atoms with van der Waals surface area (Å²) in [6.07, 6.45) is 0.762. The first-order chi connectivity index (χ1) is 6.61. The minimum atomic E-state index is -0.648. The highest BCUT2D eigenvalue weighted by Gasteiger charge is 2.03. The monoisotopic (exact) mass is 237 g/mol. The van der Waals surface area contributed by atoms with Gasteiger partial charge in [-0.25, -0.2) is 8.78 Å². The van der Waals surface area contributed by atoms with Gasteiger partial charge in [-0.05, 0) is 6.42 Å². The van der Waals surface area contributed by atoms with E-state index < -0.39 is 11.6 Å². The Morgan fingerprint density at radius 2 is 1.80 bits per heavy atom. The standard InChI is InChI=1S/C10H13F2NO.ClH/c1-2-9(13)6-14-10-4-7(11)3-8(12)5-10;/h3-5,9H,2,6,13H2,1H3;1H. The Hall–Kier alpha value is -0.870. The summed E-state index contributed by atoms with van der Waals surface area (Å²) in [6, 6.07) is 2.95. The first-order valence-electron chi connectivity index (χ1n) is 4.46. The second kappa shape index (κ2) is 6.58. The second-order valence-electron chi connectivity index (χ2n) is 3.08. The first kappa shape index (κ1) is 14.1. The maximum absolute atomic E-state index is 12.7. The number of hydrogen-bond acceptors (Lipinski definition) is 2. The summed E-state index contributed by atoms with van der Waals surface area (Å²) in [7, 11) is 0. The van der Waals surface area contributed by atoms with Crippen LogP contribution < -0.4 is 10.5 Å². The zero-order valence-electron chi connectivity index (χ0n) is 8.37. The molecule has 1 aromatic rings. The SMILES string of the molecule is CCC(N)COc1cc(F)cc(F)c1.Cl. The van der Waals surface area contributed by atoms with E-state index in [-0.39, 0.29) is 30.8 Å². The molecule has 86 valence electrons. The first-order valence-corrected chi connectivity index (χ1v) is 4.46. The van der Waals surface area contributed by atoms with E-state index in [0.29, 0.717) is 0 Å². The van der Waals surface area contributed by atoms with Crippen molar-refractivity contribution in [3.63, 3.8) is 0 Å². The van der Waals surface area contributed by atoms with Crippen molar-refractivity contribution in [3.05, 3.63) is 29.8 Å². The molecule has 0 aliphatic carbocycles. The molecule has 0 radical (unpaired) electrons. The fourth-order valence-electron chi connectivity index (χ4n) is 0.933. The van der Waals surface area contributed by atoms with Crippen LogP contribution in [0.15, 0.2) is 18.2 Å². The van der Waals surface area contributed by atoms with Crippen molar-refractivity contribution in [2.45, 2.75) is 19.4 Å². The van der Waals surface area contributed by atoms with E-state index >= 15 is 0 Å². The fraction of sp³-hybridized carbons (Fsp3) is 0.400. The second-order valence-corrected chi connectivity index (χ2v) is 3.08. The summed E-state index contributed by atoms with van der Waals surface area (Å²) in [6.45, 7) is 2.18. The summed E-state index contributed by atoms with van der Waals surface area (Å²) in [5.74, 6) is -1.12. The van der Waals surface area contributed by atoms with Crippen LogP contribution in [-0.2, 0) is 0 Å². The van der Waals surface area contributed by atoms with Gasteiger partial charge in [-0.1, -0.05) is 6.92 Å². The van der Waals surface area contributed by atoms with Gasteiger partial charge in [-0.3, -0.25) is 0 Å². The van der Waals surface area contributed by atoms with Gasteiger partial charge in [-0.15, -0.1) is 12.4 Å². The molecule has 15 heavy (non-hydrogen) atoms. The van der Waals surface area contributed by atoms with Gasteiger partial charge in [0.2, 0.25) is 0 Å². The third kappa shape index (κ3) is 4.95. The molecule has 1 rings (SSSR count). The van der Waals surface area contributed by atoms with E-state index in [9.17, 15) is 8.78 Å². The van der Waals surface area contributed by atoms with Crippen molar-refractivity contribution >= 4 is 12.4 Å². The minimum absolute atomic E-state index is 0. The van der Waals surface area contributed by atoms with Crippen molar-refractivity contribution in [3.8, 4) is 5.75 Å². The molecule has 0 fully saturated rings. The normalized spacial score (nSPS) is 11.7. The Bertz CT molecular complexity index is 289. The predicted molar refractivity (Wildman–Crippen MR) is 57.4 cm³/mol. The van der Waals surface area contributed by atoms with Crippen LogP contribution in [0.1, 0.15) is 13.3 Å². The van der Waals surface area contributed by atoms with Crippen molar-refractivity contribution in [2.24, 2.45) is 5.73 Å². The lowest BCUT2D eigenvalue weighted by Gasteiger charge is -2.10. The van der Waals surface area contributed by atoms with Crippen LogP contribution in [0, 0.1) is 11.6 Å². The Balaban J connectivity index is 0.00000196. The lowest BCUT2D eigenvalue weighted by molar-refractivity contribution is 0.282. The molecule has 0 amide bonds. The van der Waals surface area contributed by atoms with E-state index in [2.05, 4.69) is 0 Å². The zero-order valence-corrected chi connectivity index (χ0v) is 9.19. The lowest BCUT2D eigenvalue weighted by atomic mass is 10.2. The minimum Gasteiger partial charge on any atom is -0.492 e. The smallest absolute Gasteiger partial charge is 0.129 e. The molecule has 0 bridgehead atoms. The topological polar surface area (TPSA) is 35.2 Å². The highest BCUT2D eigenvalue weighted by atomic mass is 35.5. The average Bonchev–Trinajstić information content (AvgIpc) is 2.12. The van der Waals surface area contributed by atoms with Crippen molar-refractivity contribution < 1.29 is 13.5 Å². The Morgan fingerprint density at radius 1 is 1.27 bits per heavy atom. The maximum atomic E-state index is 12.7. The summed E-state index contributed by atoms with van der Waals surface area (Å²) >= 11 is 0. The largest absolute Gasteiger partial charge is 0.492 e. The van der Waals surface area contributed by atoms with E-state index in [0.717, 1.165) is 24.6 Å². The molecule has 0 saturated carbocycles.